The highest BCUT2D eigenvalue weighted by Crippen LogP contribution is 2.13. The van der Waals surface area contributed by atoms with Gasteiger partial charge in [0.15, 0.2) is 12.7 Å². The molecule has 0 aliphatic rings. The number of nitrogens with zero attached hydrogens (tertiary/aromatic N) is 4. The zero-order valence-electron chi connectivity index (χ0n) is 19.4. The Morgan fingerprint density at radius 2 is 0.968 bits per heavy atom. The Bertz CT molecular complexity index is 1050. The van der Waals surface area contributed by atoms with Crippen LogP contribution in [0.4, 0.5) is 0 Å². The molecule has 160 valence electrons. The first-order valence-corrected chi connectivity index (χ1v) is 11.0. The molecule has 4 nitrogen and oxygen atoms in total. The minimum absolute atomic E-state index is 0.0633. The third kappa shape index (κ3) is 3.73. The van der Waals surface area contributed by atoms with Gasteiger partial charge in [0.2, 0.25) is 0 Å². The third-order valence-electron chi connectivity index (χ3n) is 5.98. The van der Waals surface area contributed by atoms with E-state index in [0.717, 1.165) is 0 Å². The first kappa shape index (κ1) is 21.2. The van der Waals surface area contributed by atoms with Gasteiger partial charge in [0, 0.05) is 0 Å². The molecule has 0 radical (unpaired) electrons. The summed E-state index contributed by atoms with van der Waals surface area (Å²) in [5, 5.41) is 0. The van der Waals surface area contributed by atoms with Crippen molar-refractivity contribution in [3.05, 3.63) is 98.1 Å². The van der Waals surface area contributed by atoms with Crippen molar-refractivity contribution in [3.63, 3.8) is 0 Å². The molecule has 2 aromatic heterocycles. The largest absolute Gasteiger partial charge is 0.506 e. The molecule has 0 amide bonds. The van der Waals surface area contributed by atoms with Crippen LogP contribution in [-0.4, -0.2) is 15.6 Å². The van der Waals surface area contributed by atoms with Gasteiger partial charge in [-0.25, -0.2) is 0 Å². The predicted octanol–water partition coefficient (Wildman–Crippen LogP) is 2.63. The highest BCUT2D eigenvalue weighted by molar-refractivity contribution is 6.89. The Morgan fingerprint density at radius 3 is 1.26 bits per heavy atom. The van der Waals surface area contributed by atoms with E-state index in [9.17, 15) is 0 Å². The van der Waals surface area contributed by atoms with Crippen LogP contribution in [0.5, 0.6) is 0 Å². The van der Waals surface area contributed by atoms with Gasteiger partial charge in [-0.3, -0.25) is 0 Å². The monoisotopic (exact) mass is 411 g/mol. The lowest BCUT2D eigenvalue weighted by Crippen LogP contribution is -2.92. The Hall–Kier alpha value is -3.08. The van der Waals surface area contributed by atoms with Crippen molar-refractivity contribution in [3.8, 4) is 0 Å². The lowest BCUT2D eigenvalue weighted by molar-refractivity contribution is -0.684. The van der Waals surface area contributed by atoms with Crippen LogP contribution >= 0.6 is 0 Å². The van der Waals surface area contributed by atoms with E-state index in [0.29, 0.717) is 0 Å². The Labute approximate surface area is 186 Å². The third-order valence-corrected chi connectivity index (χ3v) is 5.98. The van der Waals surface area contributed by atoms with Crippen LogP contribution in [0.1, 0.15) is 41.5 Å². The van der Waals surface area contributed by atoms with E-state index in [1.165, 1.54) is 10.9 Å². The minimum Gasteiger partial charge on any atom is -0.506 e. The molecule has 31 heavy (non-hydrogen) atoms. The van der Waals surface area contributed by atoms with Gasteiger partial charge < -0.3 is 18.1 Å². The van der Waals surface area contributed by atoms with E-state index in [-0.39, 0.29) is 11.1 Å². The highest BCUT2D eigenvalue weighted by atomic mass is 15.2. The number of aromatic nitrogens is 4. The smallest absolute Gasteiger partial charge is 0.393 e. The lowest BCUT2D eigenvalue weighted by atomic mass is 9.36. The van der Waals surface area contributed by atoms with Crippen molar-refractivity contribution >= 4 is 17.3 Å². The molecule has 0 aliphatic carbocycles. The molecule has 0 atom stereocenters. The van der Waals surface area contributed by atoms with E-state index in [1.807, 2.05) is 0 Å². The molecule has 0 spiro atoms. The fourth-order valence-electron chi connectivity index (χ4n) is 4.23. The molecule has 0 saturated heterocycles. The molecule has 0 unspecified atom stereocenters. The summed E-state index contributed by atoms with van der Waals surface area (Å²) < 4.78 is 8.77. The summed E-state index contributed by atoms with van der Waals surface area (Å²) in [6, 6.07) is 21.4. The first-order valence-electron chi connectivity index (χ1n) is 11.0. The molecule has 5 heteroatoms. The number of hydrogen-bond donors (Lipinski definition) is 0. The van der Waals surface area contributed by atoms with Crippen LogP contribution in [0.15, 0.2) is 85.5 Å². The summed E-state index contributed by atoms with van der Waals surface area (Å²) in [5.41, 5.74) is 2.28. The number of hydrogen-bond acceptors (Lipinski definition) is 0. The fraction of sp³-hybridized carbons (Fsp3) is 0.308. The van der Waals surface area contributed by atoms with Crippen molar-refractivity contribution in [2.75, 3.05) is 0 Å². The molecule has 0 N–H and O–H groups in total. The van der Waals surface area contributed by atoms with Crippen molar-refractivity contribution in [2.24, 2.45) is 0 Å². The quantitative estimate of drug-likeness (QED) is 0.363. The Morgan fingerprint density at radius 1 is 0.613 bits per heavy atom. The molecular formula is C26H32BN4-. The number of benzene rings is 2. The summed E-state index contributed by atoms with van der Waals surface area (Å²) in [6.45, 7) is 13.2. The Balaban J connectivity index is 2.08. The normalized spacial score (nSPS) is 12.8. The van der Waals surface area contributed by atoms with Crippen molar-refractivity contribution in [1.82, 2.24) is 9.13 Å². The first-order chi connectivity index (χ1) is 14.6. The number of imidazole rings is 2. The second-order valence-electron chi connectivity index (χ2n) is 10.3. The van der Waals surface area contributed by atoms with Gasteiger partial charge in [0.25, 0.3) is 0 Å². The molecule has 0 bridgehead atoms. The molecule has 0 saturated carbocycles. The highest BCUT2D eigenvalue weighted by Gasteiger charge is 2.40. The maximum atomic E-state index is 3.65. The van der Waals surface area contributed by atoms with Gasteiger partial charge in [0.1, 0.15) is 0 Å². The van der Waals surface area contributed by atoms with Crippen LogP contribution in [0.25, 0.3) is 0 Å². The summed E-state index contributed by atoms with van der Waals surface area (Å²) >= 11 is 0. The molecular weight excluding hydrogens is 379 g/mol. The second kappa shape index (κ2) is 7.56. The average Bonchev–Trinajstić information content (AvgIpc) is 3.41. The van der Waals surface area contributed by atoms with Crippen LogP contribution in [0, 0.1) is 12.7 Å². The summed E-state index contributed by atoms with van der Waals surface area (Å²) in [5.74, 6) is 0. The van der Waals surface area contributed by atoms with E-state index in [1.54, 1.807) is 0 Å². The zero-order valence-corrected chi connectivity index (χ0v) is 19.4. The van der Waals surface area contributed by atoms with Gasteiger partial charge in [-0.2, -0.15) is 0 Å². The van der Waals surface area contributed by atoms with Crippen LogP contribution < -0.4 is 19.9 Å². The maximum absolute atomic E-state index is 3.65. The topological polar surface area (TPSA) is 17.6 Å². The van der Waals surface area contributed by atoms with Crippen molar-refractivity contribution in [2.45, 2.75) is 52.6 Å². The van der Waals surface area contributed by atoms with Gasteiger partial charge in [-0.1, -0.05) is 73.1 Å². The van der Waals surface area contributed by atoms with Crippen molar-refractivity contribution < 1.29 is 8.96 Å². The maximum Gasteiger partial charge on any atom is 0.393 e. The zero-order chi connectivity index (χ0) is 22.3. The molecule has 0 fully saturated rings. The van der Waals surface area contributed by atoms with Gasteiger partial charge in [-0.15, -0.1) is 10.9 Å². The molecule has 2 heterocycles. The molecule has 0 aliphatic heterocycles. The molecule has 4 rings (SSSR count). The lowest BCUT2D eigenvalue weighted by Gasteiger charge is -2.41. The summed E-state index contributed by atoms with van der Waals surface area (Å²) in [6.07, 6.45) is 14.2. The van der Waals surface area contributed by atoms with Crippen molar-refractivity contribution in [1.29, 1.82) is 0 Å². The second-order valence-corrected chi connectivity index (χ2v) is 10.3. The SMILES string of the molecule is CC(C)(C)n1[c-][n+]([B-](c2ccccc2)(c2ccccc2)[n+]2[c-]n(C(C)(C)C)cc2)cc1. The van der Waals surface area contributed by atoms with Crippen LogP contribution in [-0.2, 0) is 11.1 Å². The molecule has 4 aromatic rings. The van der Waals surface area contributed by atoms with E-state index in [4.69, 9.17) is 0 Å². The minimum atomic E-state index is -1.60. The van der Waals surface area contributed by atoms with Gasteiger partial charge >= 0.3 is 6.42 Å². The summed E-state index contributed by atoms with van der Waals surface area (Å²) in [7, 11) is 0. The summed E-state index contributed by atoms with van der Waals surface area (Å²) in [4.78, 5) is 0. The van der Waals surface area contributed by atoms with E-state index in [2.05, 4.69) is 158 Å². The van der Waals surface area contributed by atoms with Crippen LogP contribution in [0.3, 0.4) is 0 Å². The Kier molecular flexibility index (Phi) is 5.16. The number of rotatable bonds is 4. The predicted molar refractivity (Wildman–Crippen MR) is 126 cm³/mol. The average molecular weight is 411 g/mol. The fourth-order valence-corrected chi connectivity index (χ4v) is 4.23. The van der Waals surface area contributed by atoms with E-state index >= 15 is 0 Å². The van der Waals surface area contributed by atoms with E-state index < -0.39 is 6.42 Å². The molecule has 2 aromatic carbocycles. The standard InChI is InChI=1S/C26H32BN4/c1-25(2,3)28-17-19-30(21-28)27(23-13-9-7-10-14-23,24-15-11-8-12-16-24)31-20-18-29(22-31)26(4,5)6/h7-20H,1-6H3/q-1. The van der Waals surface area contributed by atoms with Gasteiger partial charge in [0.05, 0.1) is 11.1 Å². The van der Waals surface area contributed by atoms with Crippen LogP contribution in [0.2, 0.25) is 0 Å². The van der Waals surface area contributed by atoms with Gasteiger partial charge in [-0.05, 0) is 53.9 Å².